The zero-order valence-corrected chi connectivity index (χ0v) is 15.8. The quantitative estimate of drug-likeness (QED) is 0.579. The molecule has 28 heavy (non-hydrogen) atoms. The molecule has 2 N–H and O–H groups in total. The first-order valence-corrected chi connectivity index (χ1v) is 8.82. The SMILES string of the molecule is COC(=O)c1ccc(Nc2cc(NCCc3ccc(OC)cc3)ncn2)cc1. The zero-order valence-electron chi connectivity index (χ0n) is 15.8. The first kappa shape index (κ1) is 19.2. The number of hydrogen-bond acceptors (Lipinski definition) is 7. The second-order valence-electron chi connectivity index (χ2n) is 6.01. The Labute approximate surface area is 163 Å². The van der Waals surface area contributed by atoms with Crippen molar-refractivity contribution in [2.45, 2.75) is 6.42 Å². The molecule has 0 atom stereocenters. The fraction of sp³-hybridized carbons (Fsp3) is 0.190. The van der Waals surface area contributed by atoms with E-state index in [0.717, 1.165) is 30.2 Å². The fourth-order valence-electron chi connectivity index (χ4n) is 2.60. The highest BCUT2D eigenvalue weighted by atomic mass is 16.5. The number of nitrogens with zero attached hydrogens (tertiary/aromatic N) is 2. The normalized spacial score (nSPS) is 10.2. The lowest BCUT2D eigenvalue weighted by Gasteiger charge is -2.09. The van der Waals surface area contributed by atoms with Gasteiger partial charge < -0.3 is 20.1 Å². The van der Waals surface area contributed by atoms with Gasteiger partial charge in [-0.25, -0.2) is 14.8 Å². The number of ether oxygens (including phenoxy) is 2. The van der Waals surface area contributed by atoms with E-state index in [4.69, 9.17) is 9.47 Å². The van der Waals surface area contributed by atoms with E-state index >= 15 is 0 Å². The van der Waals surface area contributed by atoms with Gasteiger partial charge in [0.05, 0.1) is 19.8 Å². The molecule has 0 saturated heterocycles. The van der Waals surface area contributed by atoms with Crippen LogP contribution in [0.2, 0.25) is 0 Å². The number of carbonyl (C=O) groups excluding carboxylic acids is 1. The van der Waals surface area contributed by atoms with Crippen LogP contribution < -0.4 is 15.4 Å². The predicted molar refractivity (Wildman–Crippen MR) is 108 cm³/mol. The van der Waals surface area contributed by atoms with Crippen LogP contribution in [-0.4, -0.2) is 36.7 Å². The lowest BCUT2D eigenvalue weighted by molar-refractivity contribution is 0.0601. The largest absolute Gasteiger partial charge is 0.497 e. The molecule has 0 unspecified atom stereocenters. The molecule has 1 heterocycles. The van der Waals surface area contributed by atoms with E-state index in [1.54, 1.807) is 31.4 Å². The molecule has 0 saturated carbocycles. The highest BCUT2D eigenvalue weighted by molar-refractivity contribution is 5.89. The first-order valence-electron chi connectivity index (χ1n) is 8.82. The molecule has 2 aromatic carbocycles. The van der Waals surface area contributed by atoms with Gasteiger partial charge in [0, 0.05) is 18.3 Å². The van der Waals surface area contributed by atoms with Crippen molar-refractivity contribution in [1.82, 2.24) is 9.97 Å². The maximum absolute atomic E-state index is 11.5. The number of benzene rings is 2. The molecular weight excluding hydrogens is 356 g/mol. The number of aromatic nitrogens is 2. The Hall–Kier alpha value is -3.61. The Kier molecular flexibility index (Phi) is 6.41. The minimum absolute atomic E-state index is 0.364. The van der Waals surface area contributed by atoms with Crippen molar-refractivity contribution in [3.63, 3.8) is 0 Å². The van der Waals surface area contributed by atoms with E-state index in [-0.39, 0.29) is 5.97 Å². The zero-order chi connectivity index (χ0) is 19.8. The number of anilines is 3. The highest BCUT2D eigenvalue weighted by Crippen LogP contribution is 2.17. The van der Waals surface area contributed by atoms with Crippen molar-refractivity contribution < 1.29 is 14.3 Å². The molecule has 0 aliphatic heterocycles. The van der Waals surface area contributed by atoms with Gasteiger partial charge >= 0.3 is 5.97 Å². The molecule has 0 spiro atoms. The predicted octanol–water partition coefficient (Wildman–Crippen LogP) is 3.67. The average molecular weight is 378 g/mol. The van der Waals surface area contributed by atoms with Crippen molar-refractivity contribution in [2.75, 3.05) is 31.4 Å². The molecule has 0 amide bonds. The number of methoxy groups -OCH3 is 2. The summed E-state index contributed by atoms with van der Waals surface area (Å²) in [7, 11) is 3.02. The summed E-state index contributed by atoms with van der Waals surface area (Å²) in [4.78, 5) is 20.0. The van der Waals surface area contributed by atoms with Crippen molar-refractivity contribution in [2.24, 2.45) is 0 Å². The highest BCUT2D eigenvalue weighted by Gasteiger charge is 2.05. The molecule has 7 heteroatoms. The van der Waals surface area contributed by atoms with E-state index in [2.05, 4.69) is 20.6 Å². The topological polar surface area (TPSA) is 85.4 Å². The van der Waals surface area contributed by atoms with E-state index < -0.39 is 0 Å². The van der Waals surface area contributed by atoms with E-state index in [9.17, 15) is 4.79 Å². The maximum Gasteiger partial charge on any atom is 0.337 e. The van der Waals surface area contributed by atoms with Gasteiger partial charge in [-0.1, -0.05) is 12.1 Å². The van der Waals surface area contributed by atoms with Crippen LogP contribution in [0, 0.1) is 0 Å². The van der Waals surface area contributed by atoms with Crippen molar-refractivity contribution in [3.05, 3.63) is 72.1 Å². The molecule has 0 radical (unpaired) electrons. The molecule has 7 nitrogen and oxygen atoms in total. The number of carbonyl (C=O) groups is 1. The van der Waals surface area contributed by atoms with Gasteiger partial charge in [0.2, 0.25) is 0 Å². The number of rotatable bonds is 8. The van der Waals surface area contributed by atoms with Gasteiger partial charge in [0.25, 0.3) is 0 Å². The molecule has 0 aliphatic carbocycles. The molecule has 0 aliphatic rings. The summed E-state index contributed by atoms with van der Waals surface area (Å²) in [6.07, 6.45) is 2.37. The van der Waals surface area contributed by atoms with Crippen molar-refractivity contribution in [1.29, 1.82) is 0 Å². The van der Waals surface area contributed by atoms with E-state index in [0.29, 0.717) is 11.4 Å². The lowest BCUT2D eigenvalue weighted by Crippen LogP contribution is -2.07. The fourth-order valence-corrected chi connectivity index (χ4v) is 2.60. The minimum Gasteiger partial charge on any atom is -0.497 e. The Morgan fingerprint density at radius 1 is 0.964 bits per heavy atom. The van der Waals surface area contributed by atoms with Crippen LogP contribution in [-0.2, 0) is 11.2 Å². The standard InChI is InChI=1S/C21H22N4O3/c1-27-18-9-3-15(4-10-18)11-12-22-19-13-20(24-14-23-19)25-17-7-5-16(6-8-17)21(26)28-2/h3-10,13-14H,11-12H2,1-2H3,(H2,22,23,24,25). The van der Waals surface area contributed by atoms with Gasteiger partial charge in [-0.15, -0.1) is 0 Å². The molecule has 0 bridgehead atoms. The third-order valence-corrected chi connectivity index (χ3v) is 4.12. The van der Waals surface area contributed by atoms with Crippen LogP contribution in [0.3, 0.4) is 0 Å². The molecule has 144 valence electrons. The molecule has 0 fully saturated rings. The number of nitrogens with one attached hydrogen (secondary N) is 2. The van der Waals surface area contributed by atoms with Gasteiger partial charge in [-0.3, -0.25) is 0 Å². The molecular formula is C21H22N4O3. The summed E-state index contributed by atoms with van der Waals surface area (Å²) in [6.45, 7) is 0.747. The summed E-state index contributed by atoms with van der Waals surface area (Å²) in [5, 5.41) is 6.49. The smallest absolute Gasteiger partial charge is 0.337 e. The summed E-state index contributed by atoms with van der Waals surface area (Å²) in [5.41, 5.74) is 2.53. The summed E-state index contributed by atoms with van der Waals surface area (Å²) in [6, 6.07) is 16.8. The van der Waals surface area contributed by atoms with Crippen LogP contribution in [0.15, 0.2) is 60.9 Å². The third-order valence-electron chi connectivity index (χ3n) is 4.12. The lowest BCUT2D eigenvalue weighted by atomic mass is 10.1. The summed E-state index contributed by atoms with van der Waals surface area (Å²) in [5.74, 6) is 1.88. The number of hydrogen-bond donors (Lipinski definition) is 2. The van der Waals surface area contributed by atoms with E-state index in [1.807, 2.05) is 30.3 Å². The maximum atomic E-state index is 11.5. The monoisotopic (exact) mass is 378 g/mol. The van der Waals surface area contributed by atoms with Crippen LogP contribution in [0.5, 0.6) is 5.75 Å². The second-order valence-corrected chi connectivity index (χ2v) is 6.01. The molecule has 3 rings (SSSR count). The van der Waals surface area contributed by atoms with Crippen molar-refractivity contribution in [3.8, 4) is 5.75 Å². The van der Waals surface area contributed by atoms with Gasteiger partial charge in [0.1, 0.15) is 23.7 Å². The Morgan fingerprint density at radius 3 is 2.36 bits per heavy atom. The summed E-state index contributed by atoms with van der Waals surface area (Å²) < 4.78 is 9.86. The average Bonchev–Trinajstić information content (AvgIpc) is 2.74. The third kappa shape index (κ3) is 5.20. The molecule has 3 aromatic rings. The first-order chi connectivity index (χ1) is 13.7. The minimum atomic E-state index is -0.364. The van der Waals surface area contributed by atoms with Crippen LogP contribution in [0.4, 0.5) is 17.3 Å². The van der Waals surface area contributed by atoms with Crippen molar-refractivity contribution >= 4 is 23.3 Å². The summed E-state index contributed by atoms with van der Waals surface area (Å²) >= 11 is 0. The Balaban J connectivity index is 1.55. The van der Waals surface area contributed by atoms with Gasteiger partial charge in [-0.2, -0.15) is 0 Å². The van der Waals surface area contributed by atoms with Gasteiger partial charge in [0.15, 0.2) is 0 Å². The van der Waals surface area contributed by atoms with Crippen LogP contribution in [0.25, 0.3) is 0 Å². The molecule has 1 aromatic heterocycles. The Bertz CT molecular complexity index is 912. The second kappa shape index (κ2) is 9.36. The Morgan fingerprint density at radius 2 is 1.68 bits per heavy atom. The van der Waals surface area contributed by atoms with E-state index in [1.165, 1.54) is 19.0 Å². The van der Waals surface area contributed by atoms with Gasteiger partial charge in [-0.05, 0) is 48.4 Å². The number of esters is 1. The van der Waals surface area contributed by atoms with Crippen LogP contribution in [0.1, 0.15) is 15.9 Å². The van der Waals surface area contributed by atoms with Crippen LogP contribution >= 0.6 is 0 Å².